The molecular formula is C11H13BrOS. The van der Waals surface area contributed by atoms with Crippen molar-refractivity contribution in [3.05, 3.63) is 28.2 Å². The normalized spacial score (nSPS) is 10.2. The predicted octanol–water partition coefficient (Wildman–Crippen LogP) is 3.83. The van der Waals surface area contributed by atoms with Gasteiger partial charge in [-0.15, -0.1) is 11.8 Å². The van der Waals surface area contributed by atoms with E-state index in [-0.39, 0.29) is 5.78 Å². The van der Waals surface area contributed by atoms with Crippen molar-refractivity contribution in [3.63, 3.8) is 0 Å². The predicted molar refractivity (Wildman–Crippen MR) is 64.9 cm³/mol. The zero-order valence-electron chi connectivity index (χ0n) is 8.34. The van der Waals surface area contributed by atoms with Crippen LogP contribution in [-0.2, 0) is 4.79 Å². The second kappa shape index (κ2) is 5.56. The van der Waals surface area contributed by atoms with Crippen LogP contribution < -0.4 is 0 Å². The van der Waals surface area contributed by atoms with E-state index in [1.807, 2.05) is 6.07 Å². The van der Waals surface area contributed by atoms with Crippen molar-refractivity contribution in [2.75, 3.05) is 5.75 Å². The standard InChI is InChI=1S/C11H13BrOS/c1-8-7-10(3-4-11(8)12)14-6-5-9(2)13/h3-4,7H,5-6H2,1-2H3. The highest BCUT2D eigenvalue weighted by Crippen LogP contribution is 2.24. The lowest BCUT2D eigenvalue weighted by Gasteiger charge is -2.03. The number of ketones is 1. The van der Waals surface area contributed by atoms with Crippen molar-refractivity contribution in [2.24, 2.45) is 0 Å². The molecule has 0 aliphatic carbocycles. The van der Waals surface area contributed by atoms with Gasteiger partial charge in [-0.3, -0.25) is 4.79 Å². The summed E-state index contributed by atoms with van der Waals surface area (Å²) in [5.41, 5.74) is 1.23. The van der Waals surface area contributed by atoms with Gasteiger partial charge in [0, 0.05) is 21.5 Å². The van der Waals surface area contributed by atoms with Crippen molar-refractivity contribution in [1.29, 1.82) is 0 Å². The quantitative estimate of drug-likeness (QED) is 0.775. The summed E-state index contributed by atoms with van der Waals surface area (Å²) >= 11 is 5.19. The van der Waals surface area contributed by atoms with E-state index in [9.17, 15) is 4.79 Å². The Morgan fingerprint density at radius 1 is 1.50 bits per heavy atom. The van der Waals surface area contributed by atoms with Crippen molar-refractivity contribution in [3.8, 4) is 0 Å². The number of hydrogen-bond donors (Lipinski definition) is 0. The van der Waals surface area contributed by atoms with E-state index in [1.165, 1.54) is 10.5 Å². The lowest BCUT2D eigenvalue weighted by molar-refractivity contribution is -0.116. The average molecular weight is 273 g/mol. The van der Waals surface area contributed by atoms with Crippen LogP contribution in [0.1, 0.15) is 18.9 Å². The molecular weight excluding hydrogens is 260 g/mol. The molecule has 0 saturated heterocycles. The molecule has 76 valence electrons. The van der Waals surface area contributed by atoms with Gasteiger partial charge in [0.15, 0.2) is 0 Å². The molecule has 0 spiro atoms. The van der Waals surface area contributed by atoms with E-state index in [1.54, 1.807) is 18.7 Å². The van der Waals surface area contributed by atoms with Crippen LogP contribution >= 0.6 is 27.7 Å². The molecule has 0 saturated carbocycles. The summed E-state index contributed by atoms with van der Waals surface area (Å²) in [6.07, 6.45) is 0.653. The van der Waals surface area contributed by atoms with E-state index >= 15 is 0 Å². The molecule has 1 nitrogen and oxygen atoms in total. The average Bonchev–Trinajstić information content (AvgIpc) is 2.10. The van der Waals surface area contributed by atoms with Crippen LogP contribution in [0.25, 0.3) is 0 Å². The Bertz CT molecular complexity index is 336. The van der Waals surface area contributed by atoms with Gasteiger partial charge in [0.05, 0.1) is 0 Å². The van der Waals surface area contributed by atoms with Gasteiger partial charge in [-0.1, -0.05) is 15.9 Å². The largest absolute Gasteiger partial charge is 0.300 e. The number of Topliss-reactive ketones (excluding diaryl/α,β-unsaturated/α-hetero) is 1. The van der Waals surface area contributed by atoms with Crippen molar-refractivity contribution in [2.45, 2.75) is 25.2 Å². The number of aryl methyl sites for hydroxylation is 1. The summed E-state index contributed by atoms with van der Waals surface area (Å²) in [5, 5.41) is 0. The van der Waals surface area contributed by atoms with Crippen LogP contribution in [-0.4, -0.2) is 11.5 Å². The molecule has 0 unspecified atom stereocenters. The molecule has 0 heterocycles. The highest BCUT2D eigenvalue weighted by Gasteiger charge is 1.99. The summed E-state index contributed by atoms with van der Waals surface area (Å²) in [7, 11) is 0. The lowest BCUT2D eigenvalue weighted by Crippen LogP contribution is -1.91. The third-order valence-electron chi connectivity index (χ3n) is 1.85. The van der Waals surface area contributed by atoms with Crippen LogP contribution in [0, 0.1) is 6.92 Å². The molecule has 0 amide bonds. The third-order valence-corrected chi connectivity index (χ3v) is 3.74. The summed E-state index contributed by atoms with van der Waals surface area (Å²) in [6, 6.07) is 6.25. The highest BCUT2D eigenvalue weighted by atomic mass is 79.9. The lowest BCUT2D eigenvalue weighted by atomic mass is 10.2. The van der Waals surface area contributed by atoms with Crippen LogP contribution in [0.3, 0.4) is 0 Å². The minimum absolute atomic E-state index is 0.256. The van der Waals surface area contributed by atoms with Crippen molar-refractivity contribution in [1.82, 2.24) is 0 Å². The van der Waals surface area contributed by atoms with Crippen LogP contribution in [0.15, 0.2) is 27.6 Å². The summed E-state index contributed by atoms with van der Waals surface area (Å²) < 4.78 is 1.13. The van der Waals surface area contributed by atoms with Gasteiger partial charge in [-0.25, -0.2) is 0 Å². The first kappa shape index (κ1) is 11.8. The molecule has 1 aromatic carbocycles. The Balaban J connectivity index is 2.51. The maximum atomic E-state index is 10.7. The zero-order valence-corrected chi connectivity index (χ0v) is 10.7. The first-order valence-corrected chi connectivity index (χ1v) is 6.26. The van der Waals surface area contributed by atoms with Crippen LogP contribution in [0.4, 0.5) is 0 Å². The van der Waals surface area contributed by atoms with Crippen LogP contribution in [0.2, 0.25) is 0 Å². The first-order valence-electron chi connectivity index (χ1n) is 4.48. The van der Waals surface area contributed by atoms with E-state index < -0.39 is 0 Å². The second-order valence-corrected chi connectivity index (χ2v) is 5.23. The SMILES string of the molecule is CC(=O)CCSc1ccc(Br)c(C)c1. The fourth-order valence-electron chi connectivity index (χ4n) is 1.02. The molecule has 0 fully saturated rings. The van der Waals surface area contributed by atoms with E-state index in [0.717, 1.165) is 10.2 Å². The number of carbonyl (C=O) groups excluding carboxylic acids is 1. The molecule has 0 radical (unpaired) electrons. The van der Waals surface area contributed by atoms with E-state index in [4.69, 9.17) is 0 Å². The summed E-state index contributed by atoms with van der Waals surface area (Å²) in [5.74, 6) is 1.13. The number of rotatable bonds is 4. The van der Waals surface area contributed by atoms with Crippen LogP contribution in [0.5, 0.6) is 0 Å². The molecule has 0 aliphatic rings. The number of hydrogen-bond acceptors (Lipinski definition) is 2. The fourth-order valence-corrected chi connectivity index (χ4v) is 2.32. The first-order chi connectivity index (χ1) is 6.59. The Kier molecular flexibility index (Phi) is 4.69. The summed E-state index contributed by atoms with van der Waals surface area (Å²) in [4.78, 5) is 12.0. The van der Waals surface area contributed by atoms with Gasteiger partial charge in [-0.2, -0.15) is 0 Å². The minimum atomic E-state index is 0.256. The molecule has 1 rings (SSSR count). The molecule has 0 bridgehead atoms. The maximum absolute atomic E-state index is 10.7. The number of halogens is 1. The molecule has 1 aromatic rings. The van der Waals surface area contributed by atoms with E-state index in [0.29, 0.717) is 6.42 Å². The maximum Gasteiger partial charge on any atom is 0.130 e. The van der Waals surface area contributed by atoms with Gasteiger partial charge in [0.25, 0.3) is 0 Å². The van der Waals surface area contributed by atoms with Gasteiger partial charge in [-0.05, 0) is 37.6 Å². The Morgan fingerprint density at radius 2 is 2.21 bits per heavy atom. The molecule has 0 aromatic heterocycles. The molecule has 0 atom stereocenters. The smallest absolute Gasteiger partial charge is 0.130 e. The van der Waals surface area contributed by atoms with Gasteiger partial charge < -0.3 is 0 Å². The molecule has 14 heavy (non-hydrogen) atoms. The summed E-state index contributed by atoms with van der Waals surface area (Å²) in [6.45, 7) is 3.70. The van der Waals surface area contributed by atoms with Gasteiger partial charge >= 0.3 is 0 Å². The molecule has 3 heteroatoms. The van der Waals surface area contributed by atoms with Gasteiger partial charge in [0.1, 0.15) is 5.78 Å². The van der Waals surface area contributed by atoms with Crippen molar-refractivity contribution >= 4 is 33.5 Å². The zero-order chi connectivity index (χ0) is 10.6. The number of thioether (sulfide) groups is 1. The molecule has 0 N–H and O–H groups in total. The number of carbonyl (C=O) groups is 1. The third kappa shape index (κ3) is 3.84. The monoisotopic (exact) mass is 272 g/mol. The topological polar surface area (TPSA) is 17.1 Å². The minimum Gasteiger partial charge on any atom is -0.300 e. The Hall–Kier alpha value is -0.280. The second-order valence-electron chi connectivity index (χ2n) is 3.21. The Labute approximate surface area is 97.4 Å². The molecule has 0 aliphatic heterocycles. The van der Waals surface area contributed by atoms with E-state index in [2.05, 4.69) is 35.0 Å². The highest BCUT2D eigenvalue weighted by molar-refractivity contribution is 9.10. The number of benzene rings is 1. The van der Waals surface area contributed by atoms with Gasteiger partial charge in [0.2, 0.25) is 0 Å². The van der Waals surface area contributed by atoms with Crippen molar-refractivity contribution < 1.29 is 4.79 Å². The Morgan fingerprint density at radius 3 is 2.79 bits per heavy atom. The fraction of sp³-hybridized carbons (Fsp3) is 0.364.